The normalized spacial score (nSPS) is 14.3. The number of thioether (sulfide) groups is 1. The zero-order chi connectivity index (χ0) is 8.85. The van der Waals surface area contributed by atoms with E-state index in [1.807, 2.05) is 19.9 Å². The van der Waals surface area contributed by atoms with Crippen LogP contribution in [0.4, 0.5) is 0 Å². The molecule has 0 fully saturated rings. The van der Waals surface area contributed by atoms with E-state index in [9.17, 15) is 0 Å². The van der Waals surface area contributed by atoms with Crippen molar-refractivity contribution in [1.82, 2.24) is 0 Å². The van der Waals surface area contributed by atoms with E-state index in [1.165, 1.54) is 10.5 Å². The highest BCUT2D eigenvalue weighted by Gasteiger charge is 2.03. The van der Waals surface area contributed by atoms with Crippen LogP contribution < -0.4 is 0 Å². The van der Waals surface area contributed by atoms with Gasteiger partial charge in [-0.1, -0.05) is 30.9 Å². The van der Waals surface area contributed by atoms with E-state index in [4.69, 9.17) is 0 Å². The van der Waals surface area contributed by atoms with Gasteiger partial charge in [0.2, 0.25) is 0 Å². The van der Waals surface area contributed by atoms with Crippen LogP contribution >= 0.6 is 11.8 Å². The predicted octanol–water partition coefficient (Wildman–Crippen LogP) is 3.77. The van der Waals surface area contributed by atoms with E-state index < -0.39 is 0 Å². The second-order valence-electron chi connectivity index (χ2n) is 2.50. The van der Waals surface area contributed by atoms with Gasteiger partial charge in [-0.2, -0.15) is 0 Å². The maximum Gasteiger partial charge on any atom is 0.0270 e. The lowest BCUT2D eigenvalue weighted by atomic mass is 10.3. The number of hydrogen-bond acceptors (Lipinski definition) is 1. The average Bonchev–Trinajstić information content (AvgIpc) is 1.99. The van der Waals surface area contributed by atoms with E-state index in [1.54, 1.807) is 11.8 Å². The minimum Gasteiger partial charge on any atom is -0.119 e. The highest BCUT2D eigenvalue weighted by atomic mass is 32.2. The zero-order valence-corrected chi connectivity index (χ0v) is 8.37. The lowest BCUT2D eigenvalue weighted by Gasteiger charge is -2.10. The van der Waals surface area contributed by atoms with Crippen LogP contribution in [-0.4, -0.2) is 5.25 Å². The van der Waals surface area contributed by atoms with Crippen molar-refractivity contribution in [3.63, 3.8) is 0 Å². The van der Waals surface area contributed by atoms with E-state index in [2.05, 4.69) is 26.2 Å². The van der Waals surface area contributed by atoms with Gasteiger partial charge < -0.3 is 0 Å². The third-order valence-electron chi connectivity index (χ3n) is 1.49. The molecule has 0 heterocycles. The molecule has 1 atom stereocenters. The minimum absolute atomic E-state index is 0.485. The molecule has 0 spiro atoms. The molecule has 62 valence electrons. The Morgan fingerprint density at radius 3 is 2.36 bits per heavy atom. The molecule has 0 rings (SSSR count). The molecule has 0 saturated heterocycles. The van der Waals surface area contributed by atoms with Gasteiger partial charge in [0.25, 0.3) is 0 Å². The number of hydrogen-bond donors (Lipinski definition) is 0. The predicted molar refractivity (Wildman–Crippen MR) is 55.8 cm³/mol. The summed E-state index contributed by atoms with van der Waals surface area (Å²) in [6.45, 7) is 13.8. The summed E-state index contributed by atoms with van der Waals surface area (Å²) in [6.07, 6.45) is 3.95. The fraction of sp³-hybridized carbons (Fsp3) is 0.400. The van der Waals surface area contributed by atoms with Gasteiger partial charge in [-0.25, -0.2) is 0 Å². The van der Waals surface area contributed by atoms with Crippen molar-refractivity contribution in [2.45, 2.75) is 26.0 Å². The second kappa shape index (κ2) is 5.25. The van der Waals surface area contributed by atoms with Crippen molar-refractivity contribution < 1.29 is 0 Å². The number of allylic oxidation sites excluding steroid dienone is 2. The summed E-state index contributed by atoms with van der Waals surface area (Å²) in [5.41, 5.74) is 1.20. The Morgan fingerprint density at radius 1 is 1.55 bits per heavy atom. The second-order valence-corrected chi connectivity index (χ2v) is 3.92. The van der Waals surface area contributed by atoms with Crippen molar-refractivity contribution in [2.75, 3.05) is 0 Å². The maximum absolute atomic E-state index is 3.89. The summed E-state index contributed by atoms with van der Waals surface area (Å²) in [5.74, 6) is 0. The smallest absolute Gasteiger partial charge is 0.0270 e. The largest absolute Gasteiger partial charge is 0.119 e. The molecular weight excluding hydrogens is 152 g/mol. The van der Waals surface area contributed by atoms with Crippen LogP contribution in [0.5, 0.6) is 0 Å². The molecule has 1 heteroatoms. The van der Waals surface area contributed by atoms with Crippen molar-refractivity contribution in [2.24, 2.45) is 0 Å². The SMILES string of the molecule is C=C/C(=C/C)SC(C)C(=C)C. The molecule has 11 heavy (non-hydrogen) atoms. The Hall–Kier alpha value is -0.430. The first-order valence-electron chi connectivity index (χ1n) is 3.72. The zero-order valence-electron chi connectivity index (χ0n) is 7.55. The van der Waals surface area contributed by atoms with Gasteiger partial charge in [0.05, 0.1) is 0 Å². The van der Waals surface area contributed by atoms with E-state index >= 15 is 0 Å². The molecule has 0 radical (unpaired) electrons. The summed E-state index contributed by atoms with van der Waals surface area (Å²) in [6, 6.07) is 0. The third-order valence-corrected chi connectivity index (χ3v) is 2.92. The van der Waals surface area contributed by atoms with Crippen molar-refractivity contribution >= 4 is 11.8 Å². The summed E-state index contributed by atoms with van der Waals surface area (Å²) in [4.78, 5) is 1.22. The Morgan fingerprint density at radius 2 is 2.09 bits per heavy atom. The van der Waals surface area contributed by atoms with E-state index in [0.29, 0.717) is 5.25 Å². The topological polar surface area (TPSA) is 0 Å². The summed E-state index contributed by atoms with van der Waals surface area (Å²) in [7, 11) is 0. The molecule has 0 aliphatic carbocycles. The first kappa shape index (κ1) is 10.6. The van der Waals surface area contributed by atoms with Gasteiger partial charge in [-0.05, 0) is 20.8 Å². The van der Waals surface area contributed by atoms with Crippen molar-refractivity contribution in [3.05, 3.63) is 35.8 Å². The molecule has 0 aliphatic rings. The van der Waals surface area contributed by atoms with E-state index in [-0.39, 0.29) is 0 Å². The van der Waals surface area contributed by atoms with Gasteiger partial charge in [0.1, 0.15) is 0 Å². The van der Waals surface area contributed by atoms with Crippen molar-refractivity contribution in [1.29, 1.82) is 0 Å². The first-order valence-corrected chi connectivity index (χ1v) is 4.60. The van der Waals surface area contributed by atoms with Crippen molar-refractivity contribution in [3.8, 4) is 0 Å². The fourth-order valence-corrected chi connectivity index (χ4v) is 1.38. The lowest BCUT2D eigenvalue weighted by molar-refractivity contribution is 1.13. The summed E-state index contributed by atoms with van der Waals surface area (Å²) in [5, 5.41) is 0.485. The van der Waals surface area contributed by atoms with Gasteiger partial charge >= 0.3 is 0 Å². The van der Waals surface area contributed by atoms with Crippen LogP contribution in [0.2, 0.25) is 0 Å². The van der Waals surface area contributed by atoms with Crippen LogP contribution in [0.1, 0.15) is 20.8 Å². The Bertz CT molecular complexity index is 177. The van der Waals surface area contributed by atoms with Gasteiger partial charge in [-0.3, -0.25) is 0 Å². The van der Waals surface area contributed by atoms with E-state index in [0.717, 1.165) is 0 Å². The minimum atomic E-state index is 0.485. The van der Waals surface area contributed by atoms with Crippen LogP contribution in [0.3, 0.4) is 0 Å². The molecule has 0 saturated carbocycles. The molecule has 0 aliphatic heterocycles. The van der Waals surface area contributed by atoms with Gasteiger partial charge in [0.15, 0.2) is 0 Å². The van der Waals surface area contributed by atoms with Gasteiger partial charge in [-0.15, -0.1) is 11.8 Å². The molecule has 0 aromatic heterocycles. The molecule has 0 amide bonds. The quantitative estimate of drug-likeness (QED) is 0.455. The lowest BCUT2D eigenvalue weighted by Crippen LogP contribution is -1.95. The maximum atomic E-state index is 3.89. The van der Waals surface area contributed by atoms with Crippen LogP contribution in [0.15, 0.2) is 35.8 Å². The summed E-state index contributed by atoms with van der Waals surface area (Å²) >= 11 is 1.80. The van der Waals surface area contributed by atoms with Crippen LogP contribution in [0.25, 0.3) is 0 Å². The standard InChI is InChI=1S/C10H16S/c1-6-10(7-2)11-9(5)8(3)4/h6-7,9H,1,3H2,2,4-5H3/b10-7-. The first-order chi connectivity index (χ1) is 5.11. The monoisotopic (exact) mass is 168 g/mol. The Kier molecular flexibility index (Phi) is 5.05. The highest BCUT2D eigenvalue weighted by molar-refractivity contribution is 8.04. The van der Waals surface area contributed by atoms with Crippen LogP contribution in [0, 0.1) is 0 Å². The molecule has 0 bridgehead atoms. The van der Waals surface area contributed by atoms with Crippen LogP contribution in [-0.2, 0) is 0 Å². The molecular formula is C10H16S. The molecule has 0 aromatic rings. The van der Waals surface area contributed by atoms with Gasteiger partial charge in [0, 0.05) is 10.2 Å². The average molecular weight is 168 g/mol. The Labute approximate surface area is 74.1 Å². The molecule has 1 unspecified atom stereocenters. The molecule has 0 N–H and O–H groups in total. The fourth-order valence-electron chi connectivity index (χ4n) is 0.539. The Balaban J connectivity index is 4.02. The summed E-state index contributed by atoms with van der Waals surface area (Å²) < 4.78 is 0. The highest BCUT2D eigenvalue weighted by Crippen LogP contribution is 2.25. The molecule has 0 nitrogen and oxygen atoms in total. The number of rotatable bonds is 4. The third kappa shape index (κ3) is 4.10. The molecule has 0 aromatic carbocycles.